The van der Waals surface area contributed by atoms with E-state index in [0.717, 1.165) is 0 Å². The van der Waals surface area contributed by atoms with Crippen molar-refractivity contribution in [2.24, 2.45) is 0 Å². The number of hydrogen-bond donors (Lipinski definition) is 0. The van der Waals surface area contributed by atoms with Crippen LogP contribution in [0.1, 0.15) is 0 Å². The van der Waals surface area contributed by atoms with Crippen molar-refractivity contribution < 1.29 is 41.2 Å². The topological polar surface area (TPSA) is 0 Å². The van der Waals surface area contributed by atoms with Gasteiger partial charge in [0.1, 0.15) is 0 Å². The van der Waals surface area contributed by atoms with E-state index in [9.17, 15) is 0 Å². The van der Waals surface area contributed by atoms with Crippen LogP contribution in [-0.2, 0) is 41.2 Å². The first-order valence-electron chi connectivity index (χ1n) is 0. The molecule has 4 heteroatoms. The Hall–Kier alpha value is 2.20. The van der Waals surface area contributed by atoms with E-state index in [2.05, 4.69) is 0 Å². The van der Waals surface area contributed by atoms with E-state index < -0.39 is 0 Å². The van der Waals surface area contributed by atoms with E-state index in [1.165, 1.54) is 0 Å². The van der Waals surface area contributed by atoms with Crippen LogP contribution in [0.5, 0.6) is 0 Å². The standard InChI is InChI=1S/Ir.Mo.2P/q;+6;2*-3. The van der Waals surface area contributed by atoms with Crippen LogP contribution in [0, 0.1) is 0 Å². The normalized spacial score (nSPS) is 0. The molecule has 0 bridgehead atoms. The van der Waals surface area contributed by atoms with E-state index in [-0.39, 0.29) is 61.0 Å². The van der Waals surface area contributed by atoms with Crippen molar-refractivity contribution in [3.63, 3.8) is 0 Å². The second kappa shape index (κ2) is 19.0. The zero-order valence-corrected chi connectivity index (χ0v) is 7.83. The average molecular weight is 350 g/mol. The Bertz CT molecular complexity index is 6.00. The van der Waals surface area contributed by atoms with Crippen LogP contribution in [-0.4, -0.2) is 0 Å². The molecule has 0 atom stereocenters. The smallest absolute Gasteiger partial charge is 3.00 e. The Labute approximate surface area is 60.7 Å². The van der Waals surface area contributed by atoms with Gasteiger partial charge in [0.25, 0.3) is 0 Å². The Kier molecular flexibility index (Phi) is 164. The molecule has 4 heavy (non-hydrogen) atoms. The molecule has 0 fully saturated rings. The summed E-state index contributed by atoms with van der Waals surface area (Å²) in [5.41, 5.74) is 0. The quantitative estimate of drug-likeness (QED) is 0.461. The summed E-state index contributed by atoms with van der Waals surface area (Å²) in [7, 11) is 0. The third kappa shape index (κ3) is 8.89. The summed E-state index contributed by atoms with van der Waals surface area (Å²) in [5, 5.41) is 0. The van der Waals surface area contributed by atoms with E-state index >= 15 is 0 Å². The number of hydrogen-bond acceptors (Lipinski definition) is 0. The van der Waals surface area contributed by atoms with Crippen molar-refractivity contribution in [1.82, 2.24) is 0 Å². The van der Waals surface area contributed by atoms with Crippen LogP contribution < -0.4 is 0 Å². The molecule has 25 valence electrons. The van der Waals surface area contributed by atoms with Crippen molar-refractivity contribution in [3.05, 3.63) is 0 Å². The molecule has 0 amide bonds. The average Bonchev–Trinajstić information content (AvgIpc) is 0. The molecule has 1 radical (unpaired) electrons. The third-order valence-corrected chi connectivity index (χ3v) is 0. The van der Waals surface area contributed by atoms with Gasteiger partial charge in [0, 0.05) is 20.1 Å². The van der Waals surface area contributed by atoms with Crippen molar-refractivity contribution >= 4 is 19.8 Å². The maximum Gasteiger partial charge on any atom is 6.00 e. The second-order valence-corrected chi connectivity index (χ2v) is 0. The Morgan fingerprint density at radius 2 is 0.750 bits per heavy atom. The fourth-order valence-electron chi connectivity index (χ4n) is 0. The van der Waals surface area contributed by atoms with E-state index in [4.69, 9.17) is 0 Å². The van der Waals surface area contributed by atoms with Crippen LogP contribution in [0.2, 0.25) is 0 Å². The molecule has 0 rings (SSSR count). The van der Waals surface area contributed by atoms with Gasteiger partial charge in [-0.1, -0.05) is 0 Å². The van der Waals surface area contributed by atoms with Gasteiger partial charge in [-0.15, -0.1) is 0 Å². The largest absolute Gasteiger partial charge is 6.00 e. The summed E-state index contributed by atoms with van der Waals surface area (Å²) in [5.74, 6) is 0. The molecule has 0 saturated heterocycles. The van der Waals surface area contributed by atoms with E-state index in [0.29, 0.717) is 0 Å². The first kappa shape index (κ1) is 34.7. The van der Waals surface area contributed by atoms with Gasteiger partial charge in [-0.25, -0.2) is 0 Å². The second-order valence-electron chi connectivity index (χ2n) is 0. The van der Waals surface area contributed by atoms with Gasteiger partial charge in [-0.2, -0.15) is 0 Å². The molecule has 0 N–H and O–H groups in total. The zero-order valence-electron chi connectivity index (χ0n) is 1.64. The van der Waals surface area contributed by atoms with E-state index in [1.807, 2.05) is 0 Å². The van der Waals surface area contributed by atoms with Gasteiger partial charge in [0.15, 0.2) is 0 Å². The Morgan fingerprint density at radius 3 is 0.750 bits per heavy atom. The minimum atomic E-state index is 0. The summed E-state index contributed by atoms with van der Waals surface area (Å²) in [6.45, 7) is 0. The minimum Gasteiger partial charge on any atom is -3.00 e. The Balaban J connectivity index is 0. The van der Waals surface area contributed by atoms with Crippen molar-refractivity contribution in [3.8, 4) is 0 Å². The van der Waals surface area contributed by atoms with Gasteiger partial charge in [-0.3, -0.25) is 0 Å². The van der Waals surface area contributed by atoms with Gasteiger partial charge >= 0.3 is 21.1 Å². The molecule has 0 aromatic heterocycles. The molecule has 0 aromatic rings. The molecule has 0 saturated carbocycles. The fourth-order valence-corrected chi connectivity index (χ4v) is 0. The summed E-state index contributed by atoms with van der Waals surface area (Å²) >= 11 is 0. The monoisotopic (exact) mass is 353 g/mol. The molecule has 0 nitrogen and oxygen atoms in total. The van der Waals surface area contributed by atoms with Crippen LogP contribution in [0.3, 0.4) is 0 Å². The maximum absolute atomic E-state index is 0. The molecular weight excluding hydrogens is 350 g/mol. The molecular formula is IrMoP2. The third-order valence-electron chi connectivity index (χ3n) is 0. The molecule has 0 heterocycles. The van der Waals surface area contributed by atoms with Gasteiger partial charge < -0.3 is 19.8 Å². The van der Waals surface area contributed by atoms with Gasteiger partial charge in [0.05, 0.1) is 0 Å². The predicted octanol–water partition coefficient (Wildman–Crippen LogP) is 1.72. The summed E-state index contributed by atoms with van der Waals surface area (Å²) < 4.78 is 0. The molecule has 0 spiro atoms. The van der Waals surface area contributed by atoms with Crippen LogP contribution in [0.4, 0.5) is 0 Å². The molecule has 0 unspecified atom stereocenters. The summed E-state index contributed by atoms with van der Waals surface area (Å²) in [6.07, 6.45) is 0. The molecule has 0 aromatic carbocycles. The maximum atomic E-state index is 0. The first-order valence-corrected chi connectivity index (χ1v) is 0. The molecule has 0 aliphatic rings. The summed E-state index contributed by atoms with van der Waals surface area (Å²) in [6, 6.07) is 0. The minimum absolute atomic E-state index is 0. The first-order chi connectivity index (χ1) is 0. The van der Waals surface area contributed by atoms with Gasteiger partial charge in [-0.05, 0) is 0 Å². The fraction of sp³-hybridized carbons (Fsp3) is 0. The predicted molar refractivity (Wildman–Crippen MR) is 13.8 cm³/mol. The van der Waals surface area contributed by atoms with Crippen LogP contribution in [0.25, 0.3) is 0 Å². The SMILES string of the molecule is [Ir].[Mo+6].[P-3].[P-3]. The van der Waals surface area contributed by atoms with Crippen molar-refractivity contribution in [1.29, 1.82) is 0 Å². The van der Waals surface area contributed by atoms with Crippen molar-refractivity contribution in [2.45, 2.75) is 0 Å². The Morgan fingerprint density at radius 1 is 0.750 bits per heavy atom. The van der Waals surface area contributed by atoms with Crippen LogP contribution in [0.15, 0.2) is 0 Å². The van der Waals surface area contributed by atoms with E-state index in [1.54, 1.807) is 0 Å². The molecule has 0 aliphatic heterocycles. The zero-order chi connectivity index (χ0) is 0. The van der Waals surface area contributed by atoms with Crippen LogP contribution >= 0.6 is 19.8 Å². The van der Waals surface area contributed by atoms with Gasteiger partial charge in [0.2, 0.25) is 0 Å². The van der Waals surface area contributed by atoms with Crippen molar-refractivity contribution in [2.75, 3.05) is 0 Å². The summed E-state index contributed by atoms with van der Waals surface area (Å²) in [4.78, 5) is 0. The number of rotatable bonds is 0. The molecule has 0 aliphatic carbocycles.